The fraction of sp³-hybridized carbons (Fsp3) is 0.733. The van der Waals surface area contributed by atoms with Crippen LogP contribution in [0.5, 0.6) is 0 Å². The van der Waals surface area contributed by atoms with E-state index in [1.54, 1.807) is 58.4 Å². The zero-order valence-corrected chi connectivity index (χ0v) is 51.7. The van der Waals surface area contributed by atoms with Crippen molar-refractivity contribution in [3.05, 3.63) is 48.0 Å². The van der Waals surface area contributed by atoms with E-state index in [2.05, 4.69) is 16.0 Å². The highest BCUT2D eigenvalue weighted by Crippen LogP contribution is 2.30. The quantitative estimate of drug-likeness (QED) is 0.0482. The first-order chi connectivity index (χ1) is 39.4. The number of rotatable bonds is 41. The molecule has 0 bridgehead atoms. The minimum Gasteiger partial charge on any atom is -0.458 e. The fourth-order valence-electron chi connectivity index (χ4n) is 9.72. The molecule has 23 heteroatoms. The minimum atomic E-state index is -1.40. The molecule has 2 aliphatic heterocycles. The summed E-state index contributed by atoms with van der Waals surface area (Å²) in [7, 11) is 4.67. The Bertz CT molecular complexity index is 2190. The standard InChI is InChI=1S/C60H98N6O17/c1-14-42(4)53(47(75-12)40-51(70)65-25-18-21-46(65)54(76-13)43(5)55(71)61-45(57(73)83-59(6,7)8)39-44-19-16-15-17-20-44)64(11)56(72)52(41(2)3)62-58(74)60(9,10)63-48(67)24-27-77-29-31-79-33-35-81-37-38-82-36-34-80-32-30-78-28-26-66-49(68)22-23-50(66)69/h15-17,19-20,22-23,41-43,45-47,52-54H,14,18,21,24-40H2,1-13H3,(H,61,71)(H,62,74)(H,63,67)/t42-,43+,45-,46-,47+,52-,53-,54+/m0/s1. The number of hydrogen-bond acceptors (Lipinski definition) is 17. The second kappa shape index (κ2) is 37.1. The van der Waals surface area contributed by atoms with Crippen molar-refractivity contribution in [3.63, 3.8) is 0 Å². The first kappa shape index (κ1) is 71.9. The minimum absolute atomic E-state index is 0.0188. The van der Waals surface area contributed by atoms with Crippen LogP contribution in [0.15, 0.2) is 42.5 Å². The van der Waals surface area contributed by atoms with Crippen LogP contribution in [0.4, 0.5) is 0 Å². The zero-order chi connectivity index (χ0) is 61.7. The number of hydrogen-bond donors (Lipinski definition) is 3. The van der Waals surface area contributed by atoms with Crippen molar-refractivity contribution in [3.8, 4) is 0 Å². The summed E-state index contributed by atoms with van der Waals surface area (Å²) in [5.74, 6) is -4.50. The molecule has 3 N–H and O–H groups in total. The third-order valence-corrected chi connectivity index (χ3v) is 14.5. The van der Waals surface area contributed by atoms with Crippen LogP contribution in [0, 0.1) is 17.8 Å². The van der Waals surface area contributed by atoms with E-state index < -0.39 is 77.1 Å². The van der Waals surface area contributed by atoms with Crippen LogP contribution in [-0.2, 0) is 87.4 Å². The third kappa shape index (κ3) is 25.0. The SMILES string of the molecule is CC[C@H](C)[C@@H]([C@@H](CC(=O)N1CCC[C@H]1[C@H](OC)[C@@H](C)C(=O)N[C@@H](Cc1ccccc1)C(=O)OC(C)(C)C)OC)N(C)C(=O)[C@@H](NC(=O)C(C)(C)NC(=O)CCOCCOCCOCCOCCOCCOCCN1C(=O)C=CC1=O)C(C)C. The Labute approximate surface area is 492 Å². The van der Waals surface area contributed by atoms with Gasteiger partial charge < -0.3 is 68.4 Å². The lowest BCUT2D eigenvalue weighted by Gasteiger charge is -2.41. The molecule has 83 heavy (non-hydrogen) atoms. The number of esters is 1. The number of ether oxygens (including phenoxy) is 9. The Hall–Kier alpha value is -5.40. The van der Waals surface area contributed by atoms with E-state index >= 15 is 0 Å². The zero-order valence-electron chi connectivity index (χ0n) is 51.7. The van der Waals surface area contributed by atoms with E-state index in [9.17, 15) is 38.4 Å². The van der Waals surface area contributed by atoms with Crippen molar-refractivity contribution < 1.29 is 81.0 Å². The van der Waals surface area contributed by atoms with E-state index in [-0.39, 0.29) is 87.7 Å². The molecule has 1 fully saturated rings. The summed E-state index contributed by atoms with van der Waals surface area (Å²) in [6, 6.07) is 6.35. The molecule has 3 rings (SSSR count). The van der Waals surface area contributed by atoms with Crippen molar-refractivity contribution in [2.24, 2.45) is 17.8 Å². The Balaban J connectivity index is 1.43. The smallest absolute Gasteiger partial charge is 0.329 e. The van der Waals surface area contributed by atoms with Gasteiger partial charge in [0.05, 0.1) is 122 Å². The molecule has 0 spiro atoms. The molecule has 2 aliphatic rings. The topological polar surface area (TPSA) is 265 Å². The highest BCUT2D eigenvalue weighted by molar-refractivity contribution is 6.12. The molecule has 1 aromatic rings. The third-order valence-electron chi connectivity index (χ3n) is 14.5. The van der Waals surface area contributed by atoms with E-state index in [4.69, 9.17) is 42.6 Å². The number of likely N-dealkylation sites (N-methyl/N-ethyl adjacent to an activating group) is 1. The predicted molar refractivity (Wildman–Crippen MR) is 308 cm³/mol. The molecule has 470 valence electrons. The van der Waals surface area contributed by atoms with Crippen LogP contribution in [0.3, 0.4) is 0 Å². The molecule has 0 unspecified atom stereocenters. The van der Waals surface area contributed by atoms with Gasteiger partial charge in [-0.05, 0) is 64.9 Å². The summed E-state index contributed by atoms with van der Waals surface area (Å²) in [4.78, 5) is 111. The van der Waals surface area contributed by atoms with Crippen molar-refractivity contribution in [1.29, 1.82) is 0 Å². The van der Waals surface area contributed by atoms with Gasteiger partial charge in [-0.1, -0.05) is 71.4 Å². The second-order valence-electron chi connectivity index (χ2n) is 22.8. The number of nitrogens with one attached hydrogen (secondary N) is 3. The average molecular weight is 1180 g/mol. The van der Waals surface area contributed by atoms with Crippen molar-refractivity contribution in [2.45, 2.75) is 155 Å². The van der Waals surface area contributed by atoms with Gasteiger partial charge in [0.2, 0.25) is 29.5 Å². The van der Waals surface area contributed by atoms with Gasteiger partial charge in [0.1, 0.15) is 23.2 Å². The summed E-state index contributed by atoms with van der Waals surface area (Å²) in [6.45, 7) is 22.1. The van der Waals surface area contributed by atoms with Gasteiger partial charge in [-0.3, -0.25) is 38.5 Å². The largest absolute Gasteiger partial charge is 0.458 e. The van der Waals surface area contributed by atoms with Crippen molar-refractivity contribution in [2.75, 3.05) is 114 Å². The first-order valence-electron chi connectivity index (χ1n) is 29.2. The summed E-state index contributed by atoms with van der Waals surface area (Å²) in [6.07, 6.45) is 3.03. The summed E-state index contributed by atoms with van der Waals surface area (Å²) >= 11 is 0. The molecule has 1 aromatic carbocycles. The Morgan fingerprint density at radius 1 is 0.723 bits per heavy atom. The van der Waals surface area contributed by atoms with Crippen LogP contribution in [0.2, 0.25) is 0 Å². The van der Waals surface area contributed by atoms with E-state index in [0.29, 0.717) is 78.7 Å². The monoisotopic (exact) mass is 1170 g/mol. The van der Waals surface area contributed by atoms with Crippen molar-refractivity contribution >= 4 is 47.3 Å². The van der Waals surface area contributed by atoms with E-state index in [1.165, 1.54) is 26.4 Å². The fourth-order valence-corrected chi connectivity index (χ4v) is 9.72. The molecule has 7 amide bonds. The number of imide groups is 1. The van der Waals surface area contributed by atoms with Gasteiger partial charge in [0.25, 0.3) is 11.8 Å². The maximum atomic E-state index is 14.6. The lowest BCUT2D eigenvalue weighted by molar-refractivity contribution is -0.159. The van der Waals surface area contributed by atoms with Crippen LogP contribution >= 0.6 is 0 Å². The van der Waals surface area contributed by atoms with Crippen LogP contribution in [0.1, 0.15) is 107 Å². The van der Waals surface area contributed by atoms with Gasteiger partial charge in [0, 0.05) is 52.8 Å². The molecule has 23 nitrogen and oxygen atoms in total. The Morgan fingerprint density at radius 2 is 1.25 bits per heavy atom. The van der Waals surface area contributed by atoms with E-state index in [0.717, 1.165) is 10.5 Å². The number of carbonyl (C=O) groups excluding carboxylic acids is 8. The molecule has 2 heterocycles. The van der Waals surface area contributed by atoms with Crippen LogP contribution in [-0.4, -0.2) is 223 Å². The molecule has 0 saturated carbocycles. The molecular weight excluding hydrogens is 1080 g/mol. The maximum Gasteiger partial charge on any atom is 0.329 e. The van der Waals surface area contributed by atoms with Crippen LogP contribution in [0.25, 0.3) is 0 Å². The number of carbonyl (C=O) groups is 8. The lowest BCUT2D eigenvalue weighted by atomic mass is 9.89. The summed E-state index contributed by atoms with van der Waals surface area (Å²) in [5.41, 5.74) is -1.32. The normalized spacial score (nSPS) is 17.2. The average Bonchev–Trinajstić information content (AvgIpc) is 4.32. The molecule has 0 aliphatic carbocycles. The molecular formula is C60H98N6O17. The first-order valence-corrected chi connectivity index (χ1v) is 29.2. The van der Waals surface area contributed by atoms with Gasteiger partial charge in [-0.15, -0.1) is 0 Å². The van der Waals surface area contributed by atoms with Gasteiger partial charge >= 0.3 is 5.97 Å². The summed E-state index contributed by atoms with van der Waals surface area (Å²) in [5, 5.41) is 8.58. The number of amides is 7. The van der Waals surface area contributed by atoms with Gasteiger partial charge in [-0.2, -0.15) is 0 Å². The molecule has 0 radical (unpaired) electrons. The summed E-state index contributed by atoms with van der Waals surface area (Å²) < 4.78 is 50.7. The highest BCUT2D eigenvalue weighted by atomic mass is 16.6. The molecule has 1 saturated heterocycles. The van der Waals surface area contributed by atoms with E-state index in [1.807, 2.05) is 58.0 Å². The second-order valence-corrected chi connectivity index (χ2v) is 22.8. The highest BCUT2D eigenvalue weighted by Gasteiger charge is 2.44. The van der Waals surface area contributed by atoms with Gasteiger partial charge in [0.15, 0.2) is 0 Å². The Kier molecular flexibility index (Phi) is 32.1. The maximum absolute atomic E-state index is 14.6. The van der Waals surface area contributed by atoms with Gasteiger partial charge in [-0.25, -0.2) is 4.79 Å². The van der Waals surface area contributed by atoms with Crippen molar-refractivity contribution in [1.82, 2.24) is 30.7 Å². The number of likely N-dealkylation sites (tertiary alicyclic amines) is 1. The number of nitrogens with zero attached hydrogens (tertiary/aromatic N) is 3. The van der Waals surface area contributed by atoms with Crippen LogP contribution < -0.4 is 16.0 Å². The number of benzene rings is 1. The predicted octanol–water partition coefficient (Wildman–Crippen LogP) is 3.43. The number of methoxy groups -OCH3 is 2. The molecule has 8 atom stereocenters. The molecule has 0 aromatic heterocycles. The lowest BCUT2D eigenvalue weighted by Crippen LogP contribution is -2.62. The Morgan fingerprint density at radius 3 is 1.75 bits per heavy atom.